The van der Waals surface area contributed by atoms with Crippen LogP contribution in [0.25, 0.3) is 0 Å². The van der Waals surface area contributed by atoms with Crippen molar-refractivity contribution < 1.29 is 57.1 Å². The van der Waals surface area contributed by atoms with Gasteiger partial charge in [0.15, 0.2) is 12.2 Å². The molecule has 2 aliphatic heterocycles. The second-order valence-corrected chi connectivity index (χ2v) is 9.16. The van der Waals surface area contributed by atoms with E-state index < -0.39 is 67.2 Å². The molecule has 2 aromatic carbocycles. The third-order valence-corrected chi connectivity index (χ3v) is 6.35. The topological polar surface area (TPSA) is 153 Å². The van der Waals surface area contributed by atoms with Gasteiger partial charge in [0, 0.05) is 13.8 Å². The number of benzene rings is 2. The number of methoxy groups -OCH3 is 1. The van der Waals surface area contributed by atoms with Gasteiger partial charge in [-0.3, -0.25) is 24.1 Å². The van der Waals surface area contributed by atoms with Crippen LogP contribution in [0.4, 0.5) is 4.79 Å². The van der Waals surface area contributed by atoms with Crippen molar-refractivity contribution in [1.29, 1.82) is 0 Å². The number of hydrogen-bond acceptors (Lipinski definition) is 12. The number of fused-ring (bicyclic) bond motifs is 1. The smallest absolute Gasteiger partial charge is 0.497 e. The molecule has 0 aromatic heterocycles. The third kappa shape index (κ3) is 6.52. The quantitative estimate of drug-likeness (QED) is 0.175. The molecule has 13 heteroatoms. The Kier molecular flexibility index (Phi) is 9.42. The first kappa shape index (κ1) is 30.1. The highest BCUT2D eigenvalue weighted by molar-refractivity contribution is 6.21. The van der Waals surface area contributed by atoms with E-state index in [1.165, 1.54) is 25.3 Å². The van der Waals surface area contributed by atoms with E-state index in [0.717, 1.165) is 18.7 Å². The second kappa shape index (κ2) is 13.2. The Morgan fingerprint density at radius 2 is 1.50 bits per heavy atom. The molecule has 2 aromatic rings. The molecule has 0 bridgehead atoms. The predicted molar refractivity (Wildman–Crippen MR) is 142 cm³/mol. The zero-order valence-electron chi connectivity index (χ0n) is 23.1. The fourth-order valence-electron chi connectivity index (χ4n) is 4.60. The molecular formula is C29H29NO12. The minimum absolute atomic E-state index is 0.102. The van der Waals surface area contributed by atoms with E-state index in [0.29, 0.717) is 5.75 Å². The van der Waals surface area contributed by atoms with Crippen LogP contribution >= 0.6 is 0 Å². The molecule has 0 unspecified atom stereocenters. The summed E-state index contributed by atoms with van der Waals surface area (Å²) in [5.74, 6) is -2.16. The maximum Gasteiger partial charge on any atom is 0.509 e. The number of rotatable bonds is 10. The first-order chi connectivity index (χ1) is 20.1. The maximum absolute atomic E-state index is 13.6. The minimum atomic E-state index is -1.59. The summed E-state index contributed by atoms with van der Waals surface area (Å²) in [6, 6.07) is 10.9. The van der Waals surface area contributed by atoms with Crippen molar-refractivity contribution in [2.24, 2.45) is 0 Å². The Balaban J connectivity index is 1.82. The first-order valence-electron chi connectivity index (χ1n) is 12.8. The summed E-state index contributed by atoms with van der Waals surface area (Å²) in [5, 5.41) is 0. The molecule has 2 heterocycles. The average Bonchev–Trinajstić information content (AvgIpc) is 3.21. The molecule has 0 saturated carbocycles. The molecule has 222 valence electrons. The molecule has 5 atom stereocenters. The Morgan fingerprint density at radius 3 is 2.05 bits per heavy atom. The highest BCUT2D eigenvalue weighted by Crippen LogP contribution is 2.36. The van der Waals surface area contributed by atoms with Crippen LogP contribution in [0, 0.1) is 0 Å². The van der Waals surface area contributed by atoms with Gasteiger partial charge in [-0.2, -0.15) is 0 Å². The normalized spacial score (nSPS) is 22.9. The fraction of sp³-hybridized carbons (Fsp3) is 0.345. The van der Waals surface area contributed by atoms with Gasteiger partial charge in [0.25, 0.3) is 11.8 Å². The fourth-order valence-corrected chi connectivity index (χ4v) is 4.60. The van der Waals surface area contributed by atoms with E-state index in [2.05, 4.69) is 6.58 Å². The summed E-state index contributed by atoms with van der Waals surface area (Å²) in [4.78, 5) is 64.7. The number of imide groups is 1. The summed E-state index contributed by atoms with van der Waals surface area (Å²) in [5.41, 5.74) is 0.203. The summed E-state index contributed by atoms with van der Waals surface area (Å²) in [7, 11) is 1.49. The second-order valence-electron chi connectivity index (χ2n) is 9.16. The number of carbonyl (C=O) groups excluding carboxylic acids is 5. The first-order valence-corrected chi connectivity index (χ1v) is 12.8. The van der Waals surface area contributed by atoms with Crippen molar-refractivity contribution in [3.63, 3.8) is 0 Å². The highest BCUT2D eigenvalue weighted by Gasteiger charge is 2.58. The van der Waals surface area contributed by atoms with Crippen molar-refractivity contribution >= 4 is 29.9 Å². The van der Waals surface area contributed by atoms with Crippen molar-refractivity contribution in [3.8, 4) is 11.5 Å². The summed E-state index contributed by atoms with van der Waals surface area (Å²) in [6.45, 7) is 5.08. The molecule has 13 nitrogen and oxygen atoms in total. The van der Waals surface area contributed by atoms with Gasteiger partial charge in [-0.1, -0.05) is 24.8 Å². The van der Waals surface area contributed by atoms with Crippen LogP contribution < -0.4 is 9.47 Å². The van der Waals surface area contributed by atoms with Crippen LogP contribution in [-0.4, -0.2) is 85.8 Å². The number of amides is 2. The molecule has 1 saturated heterocycles. The summed E-state index contributed by atoms with van der Waals surface area (Å²) < 4.78 is 38.6. The van der Waals surface area contributed by atoms with Crippen molar-refractivity contribution in [2.45, 2.75) is 44.5 Å². The maximum atomic E-state index is 13.6. The van der Waals surface area contributed by atoms with E-state index in [9.17, 15) is 24.0 Å². The van der Waals surface area contributed by atoms with Gasteiger partial charge in [-0.15, -0.1) is 0 Å². The van der Waals surface area contributed by atoms with Crippen LogP contribution in [0.5, 0.6) is 11.5 Å². The lowest BCUT2D eigenvalue weighted by Crippen LogP contribution is -2.68. The van der Waals surface area contributed by atoms with E-state index in [1.807, 2.05) is 0 Å². The SMILES string of the molecule is C=CCOC(=O)O[C@H]1[C@H](OC(C)=O)[C@@H](COC(C)=O)O[C@@H](Oc2ccc(OC)cc2)[C@@H]1N1C(=O)c2ccccc2C1=O. The molecule has 0 spiro atoms. The van der Waals surface area contributed by atoms with E-state index in [-0.39, 0.29) is 23.5 Å². The zero-order chi connectivity index (χ0) is 30.4. The van der Waals surface area contributed by atoms with Crippen LogP contribution in [-0.2, 0) is 33.3 Å². The van der Waals surface area contributed by atoms with Gasteiger partial charge in [0.2, 0.25) is 6.29 Å². The molecule has 0 N–H and O–H groups in total. The number of hydrogen-bond donors (Lipinski definition) is 0. The van der Waals surface area contributed by atoms with Crippen molar-refractivity contribution in [1.82, 2.24) is 4.90 Å². The van der Waals surface area contributed by atoms with Gasteiger partial charge < -0.3 is 33.2 Å². The number of nitrogens with zero attached hydrogens (tertiary/aromatic N) is 1. The Hall–Kier alpha value is -4.91. The third-order valence-electron chi connectivity index (χ3n) is 6.35. The van der Waals surface area contributed by atoms with Crippen LogP contribution in [0.15, 0.2) is 61.2 Å². The van der Waals surface area contributed by atoms with Crippen LogP contribution in [0.1, 0.15) is 34.6 Å². The molecule has 0 radical (unpaired) electrons. The lowest BCUT2D eigenvalue weighted by atomic mass is 9.94. The Morgan fingerprint density at radius 1 is 0.881 bits per heavy atom. The number of ether oxygens (including phenoxy) is 7. The van der Waals surface area contributed by atoms with E-state index in [4.69, 9.17) is 33.2 Å². The molecule has 4 rings (SSSR count). The molecule has 2 amide bonds. The average molecular weight is 584 g/mol. The molecule has 0 aliphatic carbocycles. The summed E-state index contributed by atoms with van der Waals surface area (Å²) in [6.07, 6.45) is -5.74. The number of carbonyl (C=O) groups is 5. The van der Waals surface area contributed by atoms with Gasteiger partial charge in [0.1, 0.15) is 36.9 Å². The van der Waals surface area contributed by atoms with Gasteiger partial charge >= 0.3 is 18.1 Å². The lowest BCUT2D eigenvalue weighted by molar-refractivity contribution is -0.262. The van der Waals surface area contributed by atoms with E-state index in [1.54, 1.807) is 36.4 Å². The lowest BCUT2D eigenvalue weighted by Gasteiger charge is -2.46. The summed E-state index contributed by atoms with van der Waals surface area (Å²) >= 11 is 0. The Labute approximate surface area is 240 Å². The number of esters is 2. The molecular weight excluding hydrogens is 554 g/mol. The monoisotopic (exact) mass is 583 g/mol. The van der Waals surface area contributed by atoms with Gasteiger partial charge in [-0.25, -0.2) is 4.79 Å². The largest absolute Gasteiger partial charge is 0.509 e. The van der Waals surface area contributed by atoms with E-state index >= 15 is 0 Å². The molecule has 42 heavy (non-hydrogen) atoms. The van der Waals surface area contributed by atoms with Crippen LogP contribution in [0.2, 0.25) is 0 Å². The van der Waals surface area contributed by atoms with Gasteiger partial charge in [-0.05, 0) is 36.4 Å². The van der Waals surface area contributed by atoms with Crippen molar-refractivity contribution in [2.75, 3.05) is 20.3 Å². The zero-order valence-corrected chi connectivity index (χ0v) is 23.1. The van der Waals surface area contributed by atoms with Crippen molar-refractivity contribution in [3.05, 3.63) is 72.3 Å². The minimum Gasteiger partial charge on any atom is -0.497 e. The Bertz CT molecular complexity index is 1320. The standard InChI is InChI=1S/C29H29NO12/c1-5-14-37-29(35)42-25-23(30-26(33)20-8-6-7-9-21(20)27(30)34)28(40-19-12-10-18(36-4)11-13-19)41-22(15-38-16(2)31)24(25)39-17(3)32/h5-13,22-25,28H,1,14-15H2,2-4H3/t22-,23-,24-,25-,28-/m1/s1. The van der Waals surface area contributed by atoms with Crippen LogP contribution in [0.3, 0.4) is 0 Å². The van der Waals surface area contributed by atoms with Gasteiger partial charge in [0.05, 0.1) is 18.2 Å². The predicted octanol–water partition coefficient (Wildman–Crippen LogP) is 2.67. The molecule has 1 fully saturated rings. The highest BCUT2D eigenvalue weighted by atomic mass is 16.7. The molecule has 2 aliphatic rings.